The van der Waals surface area contributed by atoms with Crippen LogP contribution in [0.2, 0.25) is 5.02 Å². The smallest absolute Gasteiger partial charge is 0.262 e. The Bertz CT molecular complexity index is 1050. The number of nitrogens with one attached hydrogen (secondary N) is 1. The molecule has 0 heterocycles. The Hall–Kier alpha value is -3.18. The first-order chi connectivity index (χ1) is 14.4. The van der Waals surface area contributed by atoms with E-state index in [4.69, 9.17) is 16.3 Å². The maximum atomic E-state index is 13.6. The van der Waals surface area contributed by atoms with E-state index in [1.54, 1.807) is 36.5 Å². The summed E-state index contributed by atoms with van der Waals surface area (Å²) in [5.74, 6) is -0.153. The Morgan fingerprint density at radius 1 is 1.13 bits per heavy atom. The monoisotopic (exact) mass is 424 g/mol. The minimum absolute atomic E-state index is 0.102. The summed E-state index contributed by atoms with van der Waals surface area (Å²) in [7, 11) is 0. The molecule has 154 valence electrons. The molecule has 0 atom stereocenters. The van der Waals surface area contributed by atoms with Crippen LogP contribution in [0.1, 0.15) is 30.9 Å². The number of carbonyl (C=O) groups excluding carboxylic acids is 1. The third-order valence-electron chi connectivity index (χ3n) is 4.39. The summed E-state index contributed by atoms with van der Waals surface area (Å²) in [5.41, 5.74) is 3.01. The van der Waals surface area contributed by atoms with Crippen LogP contribution in [-0.4, -0.2) is 18.7 Å². The van der Waals surface area contributed by atoms with Gasteiger partial charge in [-0.25, -0.2) is 4.39 Å². The van der Waals surface area contributed by atoms with E-state index in [0.717, 1.165) is 11.3 Å². The molecule has 1 amide bonds. The summed E-state index contributed by atoms with van der Waals surface area (Å²) in [6, 6.07) is 19.2. The molecule has 0 fully saturated rings. The highest BCUT2D eigenvalue weighted by atomic mass is 35.5. The Labute approximate surface area is 180 Å². The second kappa shape index (κ2) is 10.0. The fourth-order valence-corrected chi connectivity index (χ4v) is 2.94. The van der Waals surface area contributed by atoms with Gasteiger partial charge in [-0.05, 0) is 59.5 Å². The maximum Gasteiger partial charge on any atom is 0.262 e. The first-order valence-electron chi connectivity index (χ1n) is 9.53. The molecule has 4 nitrogen and oxygen atoms in total. The molecular formula is C24H22ClFN2O2. The third-order valence-corrected chi connectivity index (χ3v) is 4.68. The molecule has 1 N–H and O–H groups in total. The molecule has 0 aliphatic carbocycles. The second-order valence-corrected chi connectivity index (χ2v) is 7.42. The van der Waals surface area contributed by atoms with Gasteiger partial charge in [-0.3, -0.25) is 9.79 Å². The molecule has 0 spiro atoms. The van der Waals surface area contributed by atoms with Gasteiger partial charge in [-0.15, -0.1) is 0 Å². The highest BCUT2D eigenvalue weighted by Crippen LogP contribution is 2.25. The summed E-state index contributed by atoms with van der Waals surface area (Å²) < 4.78 is 19.0. The number of nitrogens with zero attached hydrogens (tertiary/aromatic N) is 1. The number of aliphatic imine (C=N–C) groups is 1. The first kappa shape index (κ1) is 21.5. The van der Waals surface area contributed by atoms with Gasteiger partial charge in [0.15, 0.2) is 6.61 Å². The number of benzene rings is 3. The van der Waals surface area contributed by atoms with Crippen LogP contribution in [-0.2, 0) is 4.79 Å². The van der Waals surface area contributed by atoms with Gasteiger partial charge in [-0.2, -0.15) is 0 Å². The van der Waals surface area contributed by atoms with Crippen molar-refractivity contribution >= 4 is 35.1 Å². The average molecular weight is 425 g/mol. The zero-order valence-corrected chi connectivity index (χ0v) is 17.5. The van der Waals surface area contributed by atoms with E-state index in [-0.39, 0.29) is 12.3 Å². The number of anilines is 1. The summed E-state index contributed by atoms with van der Waals surface area (Å²) >= 11 is 6.26. The van der Waals surface area contributed by atoms with Crippen LogP contribution in [0.4, 0.5) is 15.8 Å². The molecular weight excluding hydrogens is 403 g/mol. The number of halogens is 2. The third kappa shape index (κ3) is 5.91. The number of hydrogen-bond acceptors (Lipinski definition) is 3. The van der Waals surface area contributed by atoms with Gasteiger partial charge < -0.3 is 10.1 Å². The Kier molecular flexibility index (Phi) is 7.20. The van der Waals surface area contributed by atoms with Gasteiger partial charge >= 0.3 is 0 Å². The summed E-state index contributed by atoms with van der Waals surface area (Å²) in [6.45, 7) is 4.00. The van der Waals surface area contributed by atoms with Crippen molar-refractivity contribution in [2.24, 2.45) is 4.99 Å². The van der Waals surface area contributed by atoms with Crippen LogP contribution >= 0.6 is 11.6 Å². The zero-order chi connectivity index (χ0) is 21.5. The van der Waals surface area contributed by atoms with Gasteiger partial charge in [0.05, 0.1) is 16.4 Å². The van der Waals surface area contributed by atoms with Crippen molar-refractivity contribution in [3.63, 3.8) is 0 Å². The number of ether oxygens (including phenoxy) is 1. The topological polar surface area (TPSA) is 50.7 Å². The number of amides is 1. The largest absolute Gasteiger partial charge is 0.482 e. The molecule has 0 bridgehead atoms. The fraction of sp³-hybridized carbons (Fsp3) is 0.167. The molecule has 6 heteroatoms. The molecule has 0 aliphatic rings. The minimum Gasteiger partial charge on any atom is -0.482 e. The number of para-hydroxylation sites is 1. The predicted octanol–water partition coefficient (Wildman–Crippen LogP) is 6.37. The molecule has 3 aromatic carbocycles. The molecule has 0 saturated heterocycles. The Balaban J connectivity index is 1.58. The van der Waals surface area contributed by atoms with Crippen LogP contribution in [0, 0.1) is 5.82 Å². The SMILES string of the molecule is CC(C)c1ccc(N=Cc2ccc(OCC(=O)Nc3ccccc3F)c(Cl)c2)cc1. The highest BCUT2D eigenvalue weighted by Gasteiger charge is 2.09. The summed E-state index contributed by atoms with van der Waals surface area (Å²) in [4.78, 5) is 16.4. The van der Waals surface area contributed by atoms with E-state index >= 15 is 0 Å². The van der Waals surface area contributed by atoms with Gasteiger partial charge in [0.25, 0.3) is 5.91 Å². The van der Waals surface area contributed by atoms with Crippen LogP contribution in [0.15, 0.2) is 71.7 Å². The molecule has 3 aromatic rings. The van der Waals surface area contributed by atoms with Gasteiger partial charge in [-0.1, -0.05) is 49.7 Å². The summed E-state index contributed by atoms with van der Waals surface area (Å²) in [6.07, 6.45) is 1.71. The van der Waals surface area contributed by atoms with Crippen molar-refractivity contribution in [1.82, 2.24) is 0 Å². The van der Waals surface area contributed by atoms with Crippen molar-refractivity contribution in [3.8, 4) is 5.75 Å². The maximum absolute atomic E-state index is 13.6. The van der Waals surface area contributed by atoms with E-state index in [1.807, 2.05) is 12.1 Å². The lowest BCUT2D eigenvalue weighted by atomic mass is 10.0. The lowest BCUT2D eigenvalue weighted by Gasteiger charge is -2.09. The average Bonchev–Trinajstić information content (AvgIpc) is 2.73. The Morgan fingerprint density at radius 2 is 1.87 bits per heavy atom. The number of hydrogen-bond donors (Lipinski definition) is 1. The normalized spacial score (nSPS) is 11.1. The van der Waals surface area contributed by atoms with Crippen LogP contribution < -0.4 is 10.1 Å². The molecule has 0 aliphatic heterocycles. The fourth-order valence-electron chi connectivity index (χ4n) is 2.70. The van der Waals surface area contributed by atoms with Gasteiger partial charge in [0, 0.05) is 6.21 Å². The predicted molar refractivity (Wildman–Crippen MR) is 120 cm³/mol. The van der Waals surface area contributed by atoms with E-state index in [1.165, 1.54) is 17.7 Å². The van der Waals surface area contributed by atoms with Crippen molar-refractivity contribution in [1.29, 1.82) is 0 Å². The van der Waals surface area contributed by atoms with Crippen molar-refractivity contribution in [2.75, 3.05) is 11.9 Å². The van der Waals surface area contributed by atoms with Gasteiger partial charge in [0.1, 0.15) is 11.6 Å². The van der Waals surface area contributed by atoms with Crippen LogP contribution in [0.5, 0.6) is 5.75 Å². The van der Waals surface area contributed by atoms with Crippen molar-refractivity contribution < 1.29 is 13.9 Å². The molecule has 30 heavy (non-hydrogen) atoms. The number of rotatable bonds is 7. The van der Waals surface area contributed by atoms with Gasteiger partial charge in [0.2, 0.25) is 0 Å². The van der Waals surface area contributed by atoms with Crippen molar-refractivity contribution in [2.45, 2.75) is 19.8 Å². The van der Waals surface area contributed by atoms with E-state index in [2.05, 4.69) is 36.3 Å². The van der Waals surface area contributed by atoms with Crippen LogP contribution in [0.25, 0.3) is 0 Å². The second-order valence-electron chi connectivity index (χ2n) is 7.01. The van der Waals surface area contributed by atoms with Crippen LogP contribution in [0.3, 0.4) is 0 Å². The first-order valence-corrected chi connectivity index (χ1v) is 9.91. The molecule has 0 unspecified atom stereocenters. The quantitative estimate of drug-likeness (QED) is 0.448. The van der Waals surface area contributed by atoms with Crippen molar-refractivity contribution in [3.05, 3.63) is 88.7 Å². The highest BCUT2D eigenvalue weighted by molar-refractivity contribution is 6.32. The molecule has 0 saturated carbocycles. The molecule has 3 rings (SSSR count). The summed E-state index contributed by atoms with van der Waals surface area (Å²) in [5, 5.41) is 2.81. The number of carbonyl (C=O) groups is 1. The lowest BCUT2D eigenvalue weighted by molar-refractivity contribution is -0.118. The molecule has 0 aromatic heterocycles. The van der Waals surface area contributed by atoms with E-state index in [0.29, 0.717) is 16.7 Å². The Morgan fingerprint density at radius 3 is 2.53 bits per heavy atom. The van der Waals surface area contributed by atoms with E-state index < -0.39 is 11.7 Å². The van der Waals surface area contributed by atoms with E-state index in [9.17, 15) is 9.18 Å². The lowest BCUT2D eigenvalue weighted by Crippen LogP contribution is -2.20. The standard InChI is InChI=1S/C24H22ClFN2O2/c1-16(2)18-8-10-19(11-9-18)27-14-17-7-12-23(20(25)13-17)30-15-24(29)28-22-6-4-3-5-21(22)26/h3-14,16H,15H2,1-2H3,(H,28,29). The minimum atomic E-state index is -0.508. The zero-order valence-electron chi connectivity index (χ0n) is 16.7. The molecule has 0 radical (unpaired) electrons.